The third kappa shape index (κ3) is 2.90. The first-order valence-corrected chi connectivity index (χ1v) is 8.67. The molecule has 112 valence electrons. The van der Waals surface area contributed by atoms with Crippen LogP contribution < -0.4 is 4.57 Å². The van der Waals surface area contributed by atoms with Gasteiger partial charge in [-0.1, -0.05) is 31.9 Å². The first-order valence-electron chi connectivity index (χ1n) is 7.08. The zero-order valence-corrected chi connectivity index (χ0v) is 15.9. The van der Waals surface area contributed by atoms with Gasteiger partial charge in [0.1, 0.15) is 23.8 Å². The van der Waals surface area contributed by atoms with Gasteiger partial charge in [-0.15, -0.1) is 0 Å². The summed E-state index contributed by atoms with van der Waals surface area (Å²) in [4.78, 5) is 0. The van der Waals surface area contributed by atoms with E-state index in [0.717, 1.165) is 8.95 Å². The van der Waals surface area contributed by atoms with Crippen LogP contribution in [0, 0.1) is 20.8 Å². The van der Waals surface area contributed by atoms with Crippen LogP contribution in [-0.2, 0) is 0 Å². The van der Waals surface area contributed by atoms with Gasteiger partial charge in [-0.05, 0) is 67.8 Å². The summed E-state index contributed by atoms with van der Waals surface area (Å²) in [7, 11) is 0. The highest BCUT2D eigenvalue weighted by Crippen LogP contribution is 2.22. The van der Waals surface area contributed by atoms with Gasteiger partial charge in [0.25, 0.3) is 6.33 Å². The Morgan fingerprint density at radius 3 is 2.14 bits per heavy atom. The average molecular weight is 421 g/mol. The van der Waals surface area contributed by atoms with E-state index in [2.05, 4.69) is 111 Å². The van der Waals surface area contributed by atoms with Crippen LogP contribution in [0.2, 0.25) is 0 Å². The van der Waals surface area contributed by atoms with Gasteiger partial charge in [0.2, 0.25) is 0 Å². The second kappa shape index (κ2) is 6.01. The lowest BCUT2D eigenvalue weighted by molar-refractivity contribution is -0.595. The molecular weight excluding hydrogens is 404 g/mol. The average Bonchev–Trinajstić information content (AvgIpc) is 2.86. The van der Waals surface area contributed by atoms with Crippen LogP contribution in [-0.4, -0.2) is 4.57 Å². The number of benzene rings is 2. The van der Waals surface area contributed by atoms with Crippen molar-refractivity contribution in [3.05, 3.63) is 74.7 Å². The Hall–Kier alpha value is -1.39. The second-order valence-electron chi connectivity index (χ2n) is 5.55. The highest BCUT2D eigenvalue weighted by molar-refractivity contribution is 9.10. The number of halogens is 2. The van der Waals surface area contributed by atoms with Gasteiger partial charge in [0, 0.05) is 8.95 Å². The minimum absolute atomic E-state index is 1.10. The summed E-state index contributed by atoms with van der Waals surface area (Å²) < 4.78 is 6.56. The first kappa shape index (κ1) is 15.5. The summed E-state index contributed by atoms with van der Waals surface area (Å²) >= 11 is 7.08. The van der Waals surface area contributed by atoms with Gasteiger partial charge >= 0.3 is 0 Å². The van der Waals surface area contributed by atoms with Gasteiger partial charge in [-0.2, -0.15) is 0 Å². The Bertz CT molecular complexity index is 827. The van der Waals surface area contributed by atoms with Crippen molar-refractivity contribution >= 4 is 31.9 Å². The molecule has 0 saturated carbocycles. The molecule has 0 spiro atoms. The van der Waals surface area contributed by atoms with E-state index >= 15 is 0 Å². The van der Waals surface area contributed by atoms with Crippen molar-refractivity contribution in [3.8, 4) is 11.4 Å². The van der Waals surface area contributed by atoms with Crippen LogP contribution in [0.25, 0.3) is 11.4 Å². The molecule has 0 unspecified atom stereocenters. The van der Waals surface area contributed by atoms with Crippen molar-refractivity contribution in [1.82, 2.24) is 4.57 Å². The number of imidazole rings is 1. The quantitative estimate of drug-likeness (QED) is 0.503. The normalized spacial score (nSPS) is 11.0. The van der Waals surface area contributed by atoms with Crippen molar-refractivity contribution in [1.29, 1.82) is 0 Å². The maximum absolute atomic E-state index is 3.56. The summed E-state index contributed by atoms with van der Waals surface area (Å²) in [5.74, 6) is 0. The van der Waals surface area contributed by atoms with Gasteiger partial charge in [0.05, 0.1) is 0 Å². The van der Waals surface area contributed by atoms with E-state index < -0.39 is 0 Å². The molecule has 0 radical (unpaired) electrons. The Balaban J connectivity index is 2.08. The number of hydrogen-bond acceptors (Lipinski definition) is 0. The summed E-state index contributed by atoms with van der Waals surface area (Å²) in [6.45, 7) is 6.41. The molecule has 0 aliphatic rings. The van der Waals surface area contributed by atoms with Crippen molar-refractivity contribution < 1.29 is 4.57 Å². The molecule has 0 amide bonds. The molecule has 1 heterocycles. The lowest BCUT2D eigenvalue weighted by Gasteiger charge is -2.06. The second-order valence-corrected chi connectivity index (χ2v) is 7.38. The zero-order chi connectivity index (χ0) is 15.9. The van der Waals surface area contributed by atoms with Crippen molar-refractivity contribution in [3.63, 3.8) is 0 Å². The van der Waals surface area contributed by atoms with Gasteiger partial charge < -0.3 is 0 Å². The Morgan fingerprint density at radius 1 is 0.864 bits per heavy atom. The molecule has 3 aromatic rings. The smallest absolute Gasteiger partial charge is 0.202 e. The molecule has 0 aliphatic heterocycles. The lowest BCUT2D eigenvalue weighted by atomic mass is 10.1. The molecule has 22 heavy (non-hydrogen) atoms. The van der Waals surface area contributed by atoms with Crippen LogP contribution in [0.1, 0.15) is 16.7 Å². The van der Waals surface area contributed by atoms with E-state index in [4.69, 9.17) is 0 Å². The molecule has 0 aliphatic carbocycles. The van der Waals surface area contributed by atoms with E-state index in [1.54, 1.807) is 0 Å². The fourth-order valence-electron chi connectivity index (χ4n) is 2.85. The van der Waals surface area contributed by atoms with Crippen molar-refractivity contribution in [2.45, 2.75) is 20.8 Å². The predicted octanol–water partition coefficient (Wildman–Crippen LogP) is 5.20. The van der Waals surface area contributed by atoms with Gasteiger partial charge in [-0.3, -0.25) is 0 Å². The largest absolute Gasteiger partial charge is 0.254 e. The number of nitrogens with zero attached hydrogens (tertiary/aromatic N) is 2. The summed E-state index contributed by atoms with van der Waals surface area (Å²) in [6, 6.07) is 10.6. The molecule has 0 N–H and O–H groups in total. The Labute approximate surface area is 147 Å². The molecule has 2 nitrogen and oxygen atoms in total. The molecule has 0 bridgehead atoms. The highest BCUT2D eigenvalue weighted by atomic mass is 79.9. The van der Waals surface area contributed by atoms with Crippen LogP contribution in [0.5, 0.6) is 0 Å². The summed E-state index contributed by atoms with van der Waals surface area (Å²) in [5.41, 5.74) is 6.16. The maximum atomic E-state index is 3.56. The van der Waals surface area contributed by atoms with Crippen molar-refractivity contribution in [2.75, 3.05) is 0 Å². The van der Waals surface area contributed by atoms with Crippen LogP contribution in [0.3, 0.4) is 0 Å². The van der Waals surface area contributed by atoms with E-state index in [1.165, 1.54) is 28.1 Å². The van der Waals surface area contributed by atoms with E-state index in [-0.39, 0.29) is 0 Å². The first-order chi connectivity index (χ1) is 10.5. The van der Waals surface area contributed by atoms with Crippen LogP contribution in [0.15, 0.2) is 58.0 Å². The minimum Gasteiger partial charge on any atom is -0.202 e. The third-order valence-electron chi connectivity index (χ3n) is 3.79. The summed E-state index contributed by atoms with van der Waals surface area (Å²) in [6.07, 6.45) is 6.32. The fourth-order valence-corrected chi connectivity index (χ4v) is 4.01. The molecule has 4 heteroatoms. The summed E-state index contributed by atoms with van der Waals surface area (Å²) in [5, 5.41) is 0. The van der Waals surface area contributed by atoms with E-state index in [9.17, 15) is 0 Å². The Morgan fingerprint density at radius 2 is 1.50 bits per heavy atom. The molecule has 0 fully saturated rings. The monoisotopic (exact) mass is 419 g/mol. The third-order valence-corrected chi connectivity index (χ3v) is 4.74. The molecule has 2 aromatic carbocycles. The molecule has 0 saturated heterocycles. The fraction of sp³-hybridized carbons (Fsp3) is 0.167. The predicted molar refractivity (Wildman–Crippen MR) is 96.9 cm³/mol. The number of rotatable bonds is 2. The van der Waals surface area contributed by atoms with Gasteiger partial charge in [0.15, 0.2) is 0 Å². The molecular formula is C18H17Br2N2+. The maximum Gasteiger partial charge on any atom is 0.254 e. The van der Waals surface area contributed by atoms with Crippen molar-refractivity contribution in [2.24, 2.45) is 0 Å². The molecule has 0 atom stereocenters. The highest BCUT2D eigenvalue weighted by Gasteiger charge is 2.15. The number of aryl methyl sites for hydroxylation is 3. The van der Waals surface area contributed by atoms with Crippen LogP contribution >= 0.6 is 31.9 Å². The molecule has 3 rings (SSSR count). The standard InChI is InChI=1S/C18H17Br2N2/c1-12-8-15(19)4-5-17(12)21-6-7-22(11-21)18-13(2)9-16(20)10-14(18)3/h4-11H,1-3H3/q+1. The van der Waals surface area contributed by atoms with Gasteiger partial charge in [-0.25, -0.2) is 9.13 Å². The lowest BCUT2D eigenvalue weighted by Crippen LogP contribution is -2.30. The zero-order valence-electron chi connectivity index (χ0n) is 12.8. The van der Waals surface area contributed by atoms with E-state index in [1.807, 2.05) is 0 Å². The van der Waals surface area contributed by atoms with Crippen LogP contribution in [0.4, 0.5) is 0 Å². The topological polar surface area (TPSA) is 8.81 Å². The molecule has 1 aromatic heterocycles. The number of hydrogen-bond donors (Lipinski definition) is 0. The Kier molecular flexibility index (Phi) is 4.24. The minimum atomic E-state index is 1.10. The van der Waals surface area contributed by atoms with E-state index in [0.29, 0.717) is 0 Å². The number of aromatic nitrogens is 2. The SMILES string of the molecule is Cc1cc(Br)ccc1-n1cc[n+](-c2c(C)cc(Br)cc2C)c1.